The Bertz CT molecular complexity index is 1340. The van der Waals surface area contributed by atoms with Crippen molar-refractivity contribution in [2.45, 2.75) is 24.1 Å². The SMILES string of the molecule is Cc1ccc(S(=O)(=O)N(CC(=O)NCC2COc3ccccc3O2)c2cccc(C(F)(F)F)c2)cc1. The summed E-state index contributed by atoms with van der Waals surface area (Å²) in [6.45, 7) is 1.20. The second-order valence-corrected chi connectivity index (χ2v) is 10.0. The third kappa shape index (κ3) is 5.73. The van der Waals surface area contributed by atoms with Crippen molar-refractivity contribution in [3.8, 4) is 11.5 Å². The maximum absolute atomic E-state index is 13.4. The second-order valence-electron chi connectivity index (χ2n) is 8.17. The molecule has 1 N–H and O–H groups in total. The fourth-order valence-corrected chi connectivity index (χ4v) is 4.98. The van der Waals surface area contributed by atoms with Crippen LogP contribution in [0.1, 0.15) is 11.1 Å². The number of aryl methyl sites for hydroxylation is 1. The number of halogens is 3. The minimum atomic E-state index is -4.69. The summed E-state index contributed by atoms with van der Waals surface area (Å²) < 4.78 is 78.8. The molecule has 1 amide bonds. The number of nitrogens with one attached hydrogen (secondary N) is 1. The van der Waals surface area contributed by atoms with E-state index in [9.17, 15) is 26.4 Å². The third-order valence-corrected chi connectivity index (χ3v) is 7.24. The van der Waals surface area contributed by atoms with Crippen molar-refractivity contribution in [3.63, 3.8) is 0 Å². The van der Waals surface area contributed by atoms with Crippen molar-refractivity contribution in [2.75, 3.05) is 24.0 Å². The van der Waals surface area contributed by atoms with Crippen LogP contribution in [0.2, 0.25) is 0 Å². The highest BCUT2D eigenvalue weighted by Crippen LogP contribution is 2.33. The van der Waals surface area contributed by atoms with Crippen molar-refractivity contribution in [1.29, 1.82) is 0 Å². The Labute approximate surface area is 206 Å². The molecule has 3 aromatic rings. The first kappa shape index (κ1) is 25.4. The zero-order chi connectivity index (χ0) is 25.9. The van der Waals surface area contributed by atoms with E-state index in [-0.39, 0.29) is 23.7 Å². The van der Waals surface area contributed by atoms with E-state index in [1.807, 2.05) is 0 Å². The number of amides is 1. The van der Waals surface area contributed by atoms with Crippen LogP contribution in [-0.4, -0.2) is 40.1 Å². The summed E-state index contributed by atoms with van der Waals surface area (Å²) in [5.41, 5.74) is -0.517. The highest BCUT2D eigenvalue weighted by Gasteiger charge is 2.33. The number of nitrogens with zero attached hydrogens (tertiary/aromatic N) is 1. The first-order valence-corrected chi connectivity index (χ1v) is 12.4. The highest BCUT2D eigenvalue weighted by molar-refractivity contribution is 7.92. The van der Waals surface area contributed by atoms with Gasteiger partial charge < -0.3 is 14.8 Å². The van der Waals surface area contributed by atoms with Gasteiger partial charge in [0.25, 0.3) is 10.0 Å². The molecule has 3 aromatic carbocycles. The summed E-state index contributed by atoms with van der Waals surface area (Å²) in [5.74, 6) is 0.362. The van der Waals surface area contributed by atoms with Crippen LogP contribution >= 0.6 is 0 Å². The predicted octanol–water partition coefficient (Wildman–Crippen LogP) is 4.17. The van der Waals surface area contributed by atoms with Gasteiger partial charge >= 0.3 is 6.18 Å². The minimum absolute atomic E-state index is 0.00811. The molecular weight excluding hydrogens is 497 g/mol. The lowest BCUT2D eigenvalue weighted by molar-refractivity contribution is -0.137. The number of carbonyl (C=O) groups excluding carboxylic acids is 1. The number of fused-ring (bicyclic) bond motifs is 1. The molecule has 7 nitrogen and oxygen atoms in total. The van der Waals surface area contributed by atoms with Crippen LogP contribution in [0.3, 0.4) is 0 Å². The number of sulfonamides is 1. The molecule has 4 rings (SSSR count). The Morgan fingerprint density at radius 3 is 2.42 bits per heavy atom. The lowest BCUT2D eigenvalue weighted by Crippen LogP contribution is -2.45. The summed E-state index contributed by atoms with van der Waals surface area (Å²) in [5, 5.41) is 2.59. The van der Waals surface area contributed by atoms with E-state index in [1.54, 1.807) is 43.3 Å². The Hall–Kier alpha value is -3.73. The largest absolute Gasteiger partial charge is 0.486 e. The molecular formula is C25H23F3N2O5S. The molecule has 36 heavy (non-hydrogen) atoms. The Balaban J connectivity index is 1.55. The first-order chi connectivity index (χ1) is 17.0. The Morgan fingerprint density at radius 2 is 1.72 bits per heavy atom. The van der Waals surface area contributed by atoms with Gasteiger partial charge in [-0.05, 0) is 49.4 Å². The van der Waals surface area contributed by atoms with Gasteiger partial charge in [0.15, 0.2) is 11.5 Å². The summed E-state index contributed by atoms with van der Waals surface area (Å²) >= 11 is 0. The second kappa shape index (κ2) is 10.1. The first-order valence-electron chi connectivity index (χ1n) is 11.0. The van der Waals surface area contributed by atoms with Crippen molar-refractivity contribution < 1.29 is 35.9 Å². The van der Waals surface area contributed by atoms with Gasteiger partial charge in [-0.3, -0.25) is 9.10 Å². The van der Waals surface area contributed by atoms with Gasteiger partial charge in [-0.25, -0.2) is 8.42 Å². The van der Waals surface area contributed by atoms with Gasteiger partial charge in [-0.1, -0.05) is 35.9 Å². The number of benzene rings is 3. The predicted molar refractivity (Wildman–Crippen MR) is 127 cm³/mol. The average molecular weight is 521 g/mol. The maximum atomic E-state index is 13.4. The van der Waals surface area contributed by atoms with E-state index in [4.69, 9.17) is 9.47 Å². The summed E-state index contributed by atoms with van der Waals surface area (Å²) in [6, 6.07) is 16.7. The standard InChI is InChI=1S/C25H23F3N2O5S/c1-17-9-11-21(12-10-17)36(32,33)30(19-6-4-5-18(13-19)25(26,27)28)15-24(31)29-14-20-16-34-22-7-2-3-8-23(22)35-20/h2-13,20H,14-16H2,1H3,(H,29,31). The summed E-state index contributed by atoms with van der Waals surface area (Å²) in [6.07, 6.45) is -5.22. The van der Waals surface area contributed by atoms with Crippen LogP contribution in [0, 0.1) is 6.92 Å². The van der Waals surface area contributed by atoms with E-state index < -0.39 is 40.3 Å². The number of para-hydroxylation sites is 2. The fourth-order valence-electron chi connectivity index (χ4n) is 3.57. The van der Waals surface area contributed by atoms with Crippen molar-refractivity contribution >= 4 is 21.6 Å². The molecule has 0 aromatic heterocycles. The summed E-state index contributed by atoms with van der Waals surface area (Å²) in [7, 11) is -4.36. The molecule has 1 aliphatic heterocycles. The van der Waals surface area contributed by atoms with Crippen molar-refractivity contribution in [1.82, 2.24) is 5.32 Å². The molecule has 1 atom stereocenters. The molecule has 1 heterocycles. The van der Waals surface area contributed by atoms with Crippen LogP contribution in [0.5, 0.6) is 11.5 Å². The van der Waals surface area contributed by atoms with E-state index >= 15 is 0 Å². The smallest absolute Gasteiger partial charge is 0.416 e. The molecule has 11 heteroatoms. The van der Waals surface area contributed by atoms with E-state index in [0.717, 1.165) is 17.7 Å². The Morgan fingerprint density at radius 1 is 1.03 bits per heavy atom. The molecule has 0 fully saturated rings. The highest BCUT2D eigenvalue weighted by atomic mass is 32.2. The van der Waals surface area contributed by atoms with Crippen LogP contribution in [0.4, 0.5) is 18.9 Å². The van der Waals surface area contributed by atoms with Gasteiger partial charge in [-0.2, -0.15) is 13.2 Å². The number of anilines is 1. The summed E-state index contributed by atoms with van der Waals surface area (Å²) in [4.78, 5) is 12.6. The van der Waals surface area contributed by atoms with E-state index in [1.165, 1.54) is 18.2 Å². The molecule has 1 unspecified atom stereocenters. The molecule has 0 radical (unpaired) electrons. The zero-order valence-corrected chi connectivity index (χ0v) is 20.0. The lowest BCUT2D eigenvalue weighted by atomic mass is 10.2. The monoisotopic (exact) mass is 520 g/mol. The van der Waals surface area contributed by atoms with E-state index in [0.29, 0.717) is 21.9 Å². The van der Waals surface area contributed by atoms with Crippen molar-refractivity contribution in [2.24, 2.45) is 0 Å². The van der Waals surface area contributed by atoms with Crippen molar-refractivity contribution in [3.05, 3.63) is 83.9 Å². The fraction of sp³-hybridized carbons (Fsp3) is 0.240. The molecule has 0 aliphatic carbocycles. The van der Waals surface area contributed by atoms with Crippen LogP contribution in [-0.2, 0) is 21.0 Å². The van der Waals surface area contributed by atoms with E-state index in [2.05, 4.69) is 5.32 Å². The third-order valence-electron chi connectivity index (χ3n) is 5.45. The lowest BCUT2D eigenvalue weighted by Gasteiger charge is -2.28. The number of hydrogen-bond acceptors (Lipinski definition) is 5. The quantitative estimate of drug-likeness (QED) is 0.506. The molecule has 0 bridgehead atoms. The topological polar surface area (TPSA) is 84.9 Å². The average Bonchev–Trinajstić information content (AvgIpc) is 2.85. The van der Waals surface area contributed by atoms with Gasteiger partial charge in [0.1, 0.15) is 19.3 Å². The number of alkyl halides is 3. The van der Waals surface area contributed by atoms with Gasteiger partial charge in [0.05, 0.1) is 22.7 Å². The minimum Gasteiger partial charge on any atom is -0.486 e. The Kier molecular flexibility index (Phi) is 7.11. The molecule has 0 spiro atoms. The van der Waals surface area contributed by atoms with Gasteiger partial charge in [-0.15, -0.1) is 0 Å². The number of rotatable bonds is 7. The van der Waals surface area contributed by atoms with Crippen LogP contribution in [0.15, 0.2) is 77.7 Å². The number of carbonyl (C=O) groups is 1. The van der Waals surface area contributed by atoms with Gasteiger partial charge in [0.2, 0.25) is 5.91 Å². The van der Waals surface area contributed by atoms with Gasteiger partial charge in [0, 0.05) is 0 Å². The molecule has 190 valence electrons. The number of ether oxygens (including phenoxy) is 2. The van der Waals surface area contributed by atoms with Crippen LogP contribution in [0.25, 0.3) is 0 Å². The maximum Gasteiger partial charge on any atom is 0.416 e. The molecule has 1 aliphatic rings. The molecule has 0 saturated carbocycles. The normalized spacial score (nSPS) is 15.3. The molecule has 0 saturated heterocycles. The van der Waals surface area contributed by atoms with Crippen LogP contribution < -0.4 is 19.1 Å². The zero-order valence-electron chi connectivity index (χ0n) is 19.2. The number of hydrogen-bond donors (Lipinski definition) is 1.